The molecule has 39 heavy (non-hydrogen) atoms. The molecule has 7 nitrogen and oxygen atoms in total. The van der Waals surface area contributed by atoms with E-state index in [1.165, 1.54) is 0 Å². The van der Waals surface area contributed by atoms with Gasteiger partial charge >= 0.3 is 5.97 Å². The molecule has 3 atom stereocenters. The largest absolute Gasteiger partial charge is 0.481 e. The Balaban J connectivity index is 0.00000760. The Hall–Kier alpha value is 0.450. The predicted molar refractivity (Wildman–Crippen MR) is 180 cm³/mol. The van der Waals surface area contributed by atoms with Crippen molar-refractivity contribution in [3.8, 4) is 0 Å². The standard InChI is InChI=1S/C27H32ClI3N2O5.Na/c1-2-17(27(36)37)13-18-19(29)14-20(30)22(24(18)31)21(34)11-7-4-8-12-33-26(35)23(28)25(32)38-15-16-9-5-3-6-10-16;/h3,5-6,9-10,14,17,23,25H,2,4,7-8,11-13,15,32H2,1H3,(H,33,35)(H,36,37);. The molecule has 0 bridgehead atoms. The van der Waals surface area contributed by atoms with Gasteiger partial charge in [0.05, 0.1) is 12.5 Å². The van der Waals surface area contributed by atoms with Gasteiger partial charge in [0, 0.05) is 58.8 Å². The van der Waals surface area contributed by atoms with E-state index in [0.717, 1.165) is 28.3 Å². The molecule has 2 rings (SSSR count). The molecule has 0 spiro atoms. The number of hydrogen-bond acceptors (Lipinski definition) is 5. The van der Waals surface area contributed by atoms with Gasteiger partial charge in [0.2, 0.25) is 5.91 Å². The zero-order chi connectivity index (χ0) is 28.2. The molecule has 0 aliphatic heterocycles. The second-order valence-corrected chi connectivity index (χ2v) is 12.7. The number of amides is 1. The van der Waals surface area contributed by atoms with Crippen LogP contribution in [-0.4, -0.2) is 70.5 Å². The first-order valence-corrected chi connectivity index (χ1v) is 16.0. The topological polar surface area (TPSA) is 119 Å². The number of carboxylic acids is 1. The van der Waals surface area contributed by atoms with E-state index in [0.29, 0.717) is 44.2 Å². The SMILES string of the molecule is CCC(Cc1c(I)cc(I)c(C(=O)CCCCCNC(=O)C(Cl)C(N)OCc2ccccc2)c1I)C(=O)O.[Na]. The number of benzene rings is 2. The van der Waals surface area contributed by atoms with E-state index in [1.54, 1.807) is 0 Å². The van der Waals surface area contributed by atoms with E-state index < -0.39 is 23.5 Å². The number of halogens is 4. The van der Waals surface area contributed by atoms with Crippen LogP contribution < -0.4 is 11.1 Å². The molecule has 0 aliphatic carbocycles. The molecule has 0 saturated heterocycles. The number of carbonyl (C=O) groups is 3. The summed E-state index contributed by atoms with van der Waals surface area (Å²) in [6.45, 7) is 2.56. The van der Waals surface area contributed by atoms with E-state index in [-0.39, 0.29) is 47.9 Å². The van der Waals surface area contributed by atoms with Crippen LogP contribution in [0.4, 0.5) is 0 Å². The van der Waals surface area contributed by atoms with E-state index >= 15 is 0 Å². The number of rotatable bonds is 16. The van der Waals surface area contributed by atoms with Crippen LogP contribution in [0.2, 0.25) is 0 Å². The van der Waals surface area contributed by atoms with Gasteiger partial charge in [-0.1, -0.05) is 43.7 Å². The van der Waals surface area contributed by atoms with Crippen LogP contribution >= 0.6 is 79.4 Å². The van der Waals surface area contributed by atoms with Gasteiger partial charge in [-0.15, -0.1) is 11.6 Å². The van der Waals surface area contributed by atoms with Gasteiger partial charge in [0.15, 0.2) is 11.2 Å². The van der Waals surface area contributed by atoms with E-state index in [4.69, 9.17) is 22.1 Å². The third-order valence-corrected chi connectivity index (χ3v) is 9.49. The number of carbonyl (C=O) groups excluding carboxylic acids is 2. The summed E-state index contributed by atoms with van der Waals surface area (Å²) in [6, 6.07) is 11.5. The van der Waals surface area contributed by atoms with Crippen LogP contribution in [0.5, 0.6) is 0 Å². The minimum atomic E-state index is -1.01. The first kappa shape index (κ1) is 37.5. The van der Waals surface area contributed by atoms with Gasteiger partial charge in [0.1, 0.15) is 6.23 Å². The molecule has 0 heterocycles. The number of aliphatic carboxylic acids is 1. The fourth-order valence-electron chi connectivity index (χ4n) is 3.75. The second-order valence-electron chi connectivity index (χ2n) is 8.84. The van der Waals surface area contributed by atoms with Gasteiger partial charge in [0.25, 0.3) is 0 Å². The minimum absolute atomic E-state index is 0. The van der Waals surface area contributed by atoms with Crippen LogP contribution in [0.3, 0.4) is 0 Å². The average molecular weight is 904 g/mol. The number of unbranched alkanes of at least 4 members (excludes halogenated alkanes) is 2. The number of nitrogens with two attached hydrogens (primary N) is 1. The molecule has 2 aromatic carbocycles. The van der Waals surface area contributed by atoms with E-state index in [2.05, 4.69) is 73.1 Å². The fraction of sp³-hybridized carbons (Fsp3) is 0.444. The van der Waals surface area contributed by atoms with E-state index in [9.17, 15) is 19.5 Å². The van der Waals surface area contributed by atoms with Crippen LogP contribution in [0.1, 0.15) is 60.5 Å². The Labute approximate surface area is 298 Å². The summed E-state index contributed by atoms with van der Waals surface area (Å²) in [6.07, 6.45) is 2.53. The Morgan fingerprint density at radius 1 is 1.08 bits per heavy atom. The molecule has 0 saturated carbocycles. The molecule has 4 N–H and O–H groups in total. The van der Waals surface area contributed by atoms with Gasteiger partial charge in [-0.25, -0.2) is 0 Å². The summed E-state index contributed by atoms with van der Waals surface area (Å²) >= 11 is 12.7. The Bertz CT molecular complexity index is 1110. The molecule has 0 fully saturated rings. The van der Waals surface area contributed by atoms with Crippen LogP contribution in [0.15, 0.2) is 36.4 Å². The number of ether oxygens (including phenoxy) is 1. The maximum absolute atomic E-state index is 13.1. The molecular weight excluding hydrogens is 871 g/mol. The normalized spacial score (nSPS) is 13.2. The van der Waals surface area contributed by atoms with Gasteiger partial charge in [-0.05, 0) is 111 Å². The van der Waals surface area contributed by atoms with Crippen LogP contribution in [0.25, 0.3) is 0 Å². The monoisotopic (exact) mass is 903 g/mol. The first-order chi connectivity index (χ1) is 18.1. The summed E-state index contributed by atoms with van der Waals surface area (Å²) in [7, 11) is 0. The summed E-state index contributed by atoms with van der Waals surface area (Å²) in [5.41, 5.74) is 8.45. The van der Waals surface area contributed by atoms with Gasteiger partial charge < -0.3 is 20.9 Å². The fourth-order valence-corrected chi connectivity index (χ4v) is 8.31. The van der Waals surface area contributed by atoms with Gasteiger partial charge in [-0.2, -0.15) is 0 Å². The second kappa shape index (κ2) is 19.6. The van der Waals surface area contributed by atoms with E-state index in [1.807, 2.05) is 43.3 Å². The Kier molecular flexibility index (Phi) is 18.8. The number of nitrogens with one attached hydrogen (secondary N) is 1. The van der Waals surface area contributed by atoms with Crippen molar-refractivity contribution in [2.75, 3.05) is 6.54 Å². The molecule has 12 heteroatoms. The van der Waals surface area contributed by atoms with Crippen LogP contribution in [-0.2, 0) is 27.4 Å². The third-order valence-electron chi connectivity index (χ3n) is 6.04. The van der Waals surface area contributed by atoms with Crippen molar-refractivity contribution < 1.29 is 24.2 Å². The zero-order valence-electron chi connectivity index (χ0n) is 22.0. The van der Waals surface area contributed by atoms with Crippen molar-refractivity contribution in [2.24, 2.45) is 11.7 Å². The van der Waals surface area contributed by atoms with Crippen molar-refractivity contribution in [1.29, 1.82) is 0 Å². The molecule has 209 valence electrons. The summed E-state index contributed by atoms with van der Waals surface area (Å²) in [4.78, 5) is 36.9. The Morgan fingerprint density at radius 3 is 2.36 bits per heavy atom. The van der Waals surface area contributed by atoms with Crippen LogP contribution in [0, 0.1) is 16.6 Å². The number of hydrogen-bond donors (Lipinski definition) is 3. The average Bonchev–Trinajstić information content (AvgIpc) is 2.88. The molecule has 0 aliphatic rings. The quantitative estimate of drug-likeness (QED) is 0.0495. The number of carboxylic acid groups (broad SMARTS) is 1. The zero-order valence-corrected chi connectivity index (χ0v) is 31.3. The number of ketones is 1. The molecule has 0 aromatic heterocycles. The van der Waals surface area contributed by atoms with Gasteiger partial charge in [-0.3, -0.25) is 14.4 Å². The predicted octanol–water partition coefficient (Wildman–Crippen LogP) is 5.74. The summed E-state index contributed by atoms with van der Waals surface area (Å²) in [5, 5.41) is 11.2. The van der Waals surface area contributed by atoms with Crippen molar-refractivity contribution >= 4 is 127 Å². The smallest absolute Gasteiger partial charge is 0.306 e. The molecule has 3 unspecified atom stereocenters. The number of Topliss-reactive ketones (excluding diaryl/α,β-unsaturated/α-hetero) is 1. The minimum Gasteiger partial charge on any atom is -0.481 e. The number of alkyl halides is 1. The Morgan fingerprint density at radius 2 is 1.74 bits per heavy atom. The van der Waals surface area contributed by atoms with Crippen molar-refractivity contribution in [3.05, 3.63) is 63.8 Å². The maximum Gasteiger partial charge on any atom is 0.306 e. The molecule has 1 amide bonds. The summed E-state index contributed by atoms with van der Waals surface area (Å²) < 4.78 is 8.21. The van der Waals surface area contributed by atoms with Crippen molar-refractivity contribution in [2.45, 2.75) is 63.7 Å². The third kappa shape index (κ3) is 12.3. The molecule has 2 aromatic rings. The van der Waals surface area contributed by atoms with Crippen molar-refractivity contribution in [3.63, 3.8) is 0 Å². The first-order valence-electron chi connectivity index (χ1n) is 12.3. The molecule has 1 radical (unpaired) electrons. The maximum atomic E-state index is 13.1. The summed E-state index contributed by atoms with van der Waals surface area (Å²) in [5.74, 6) is -1.63. The van der Waals surface area contributed by atoms with Crippen molar-refractivity contribution in [1.82, 2.24) is 5.32 Å². The molecular formula is C27H32ClI3N2NaO5.